The van der Waals surface area contributed by atoms with Crippen LogP contribution in [-0.4, -0.2) is 48.4 Å². The van der Waals surface area contributed by atoms with Gasteiger partial charge in [0, 0.05) is 36.0 Å². The van der Waals surface area contributed by atoms with E-state index in [0.717, 1.165) is 4.47 Å². The molecule has 1 N–H and O–H groups in total. The Kier molecular flexibility index (Phi) is 5.18. The molecule has 118 valence electrons. The summed E-state index contributed by atoms with van der Waals surface area (Å²) in [6.45, 7) is 1.70. The fraction of sp³-hybridized carbons (Fsp3) is 0.400. The molecule has 1 fully saturated rings. The molecule has 2 rings (SSSR count). The molecule has 0 aliphatic carbocycles. The van der Waals surface area contributed by atoms with Crippen LogP contribution in [0.25, 0.3) is 0 Å². The van der Waals surface area contributed by atoms with Gasteiger partial charge in [-0.2, -0.15) is 0 Å². The first kappa shape index (κ1) is 16.5. The average molecular weight is 369 g/mol. The Labute approximate surface area is 136 Å². The minimum Gasteiger partial charge on any atom is -0.467 e. The molecule has 0 bridgehead atoms. The Morgan fingerprint density at radius 2 is 1.91 bits per heavy atom. The predicted octanol–water partition coefficient (Wildman–Crippen LogP) is 1.34. The second kappa shape index (κ2) is 6.91. The number of esters is 1. The van der Waals surface area contributed by atoms with Gasteiger partial charge in [0.1, 0.15) is 6.04 Å². The zero-order valence-electron chi connectivity index (χ0n) is 12.3. The number of likely N-dealkylation sites (tertiary alicyclic amines) is 1. The quantitative estimate of drug-likeness (QED) is 0.816. The molecule has 0 aromatic heterocycles. The van der Waals surface area contributed by atoms with Crippen LogP contribution in [0.1, 0.15) is 23.7 Å². The van der Waals surface area contributed by atoms with Gasteiger partial charge in [0.25, 0.3) is 5.91 Å². The fourth-order valence-corrected chi connectivity index (χ4v) is 2.78. The Morgan fingerprint density at radius 1 is 1.27 bits per heavy atom. The van der Waals surface area contributed by atoms with Gasteiger partial charge in [-0.1, -0.05) is 15.9 Å². The maximum absolute atomic E-state index is 12.2. The molecular weight excluding hydrogens is 352 g/mol. The van der Waals surface area contributed by atoms with Crippen LogP contribution >= 0.6 is 15.9 Å². The molecule has 0 saturated carbocycles. The summed E-state index contributed by atoms with van der Waals surface area (Å²) in [6, 6.07) is 6.05. The number of benzene rings is 1. The number of hydrogen-bond donors (Lipinski definition) is 1. The summed E-state index contributed by atoms with van der Waals surface area (Å²) in [6.07, 6.45) is 0.356. The maximum atomic E-state index is 12.2. The van der Waals surface area contributed by atoms with Crippen LogP contribution in [-0.2, 0) is 14.3 Å². The van der Waals surface area contributed by atoms with Crippen molar-refractivity contribution in [3.63, 3.8) is 0 Å². The third kappa shape index (κ3) is 3.65. The van der Waals surface area contributed by atoms with E-state index in [9.17, 15) is 14.4 Å². The Balaban J connectivity index is 2.04. The van der Waals surface area contributed by atoms with Gasteiger partial charge >= 0.3 is 5.97 Å². The van der Waals surface area contributed by atoms with Gasteiger partial charge in [-0.05, 0) is 24.3 Å². The van der Waals surface area contributed by atoms with Crippen molar-refractivity contribution in [2.45, 2.75) is 25.4 Å². The number of hydrogen-bond acceptors (Lipinski definition) is 4. The standard InChI is InChI=1S/C15H17BrN2O4/c1-9(19)18-8-12(7-13(18)15(21)22-2)17-14(20)10-3-5-11(16)6-4-10/h3-6,12-13H,7-8H2,1-2H3,(H,17,20)/t12-,13-/m0/s1. The third-order valence-electron chi connectivity index (χ3n) is 3.62. The minimum atomic E-state index is -0.641. The van der Waals surface area contributed by atoms with E-state index < -0.39 is 12.0 Å². The fourth-order valence-electron chi connectivity index (χ4n) is 2.52. The molecule has 2 atom stereocenters. The lowest BCUT2D eigenvalue weighted by Gasteiger charge is -2.20. The van der Waals surface area contributed by atoms with Crippen molar-refractivity contribution in [3.8, 4) is 0 Å². The second-order valence-corrected chi connectivity index (χ2v) is 6.04. The van der Waals surface area contributed by atoms with E-state index in [1.54, 1.807) is 24.3 Å². The van der Waals surface area contributed by atoms with Crippen LogP contribution in [0, 0.1) is 0 Å². The molecule has 22 heavy (non-hydrogen) atoms. The van der Waals surface area contributed by atoms with Crippen LogP contribution in [0.5, 0.6) is 0 Å². The highest BCUT2D eigenvalue weighted by atomic mass is 79.9. The summed E-state index contributed by atoms with van der Waals surface area (Å²) in [7, 11) is 1.29. The van der Waals surface area contributed by atoms with Gasteiger partial charge in [-0.25, -0.2) is 4.79 Å². The van der Waals surface area contributed by atoms with Crippen LogP contribution < -0.4 is 5.32 Å². The summed E-state index contributed by atoms with van der Waals surface area (Å²) >= 11 is 3.31. The molecular formula is C15H17BrN2O4. The summed E-state index contributed by atoms with van der Waals surface area (Å²) < 4.78 is 5.60. The molecule has 1 heterocycles. The number of carbonyl (C=O) groups is 3. The molecule has 1 saturated heterocycles. The van der Waals surface area contributed by atoms with E-state index in [-0.39, 0.29) is 17.9 Å². The molecule has 0 spiro atoms. The highest BCUT2D eigenvalue weighted by molar-refractivity contribution is 9.10. The zero-order chi connectivity index (χ0) is 16.3. The van der Waals surface area contributed by atoms with Crippen molar-refractivity contribution >= 4 is 33.7 Å². The first-order chi connectivity index (χ1) is 10.4. The molecule has 1 aromatic rings. The number of nitrogens with zero attached hydrogens (tertiary/aromatic N) is 1. The number of nitrogens with one attached hydrogen (secondary N) is 1. The van der Waals surface area contributed by atoms with Crippen molar-refractivity contribution in [3.05, 3.63) is 34.3 Å². The predicted molar refractivity (Wildman–Crippen MR) is 83.2 cm³/mol. The number of rotatable bonds is 3. The van der Waals surface area contributed by atoms with Crippen LogP contribution in [0.15, 0.2) is 28.7 Å². The molecule has 2 amide bonds. The lowest BCUT2D eigenvalue weighted by atomic mass is 10.1. The number of methoxy groups -OCH3 is 1. The van der Waals surface area contributed by atoms with E-state index >= 15 is 0 Å². The van der Waals surface area contributed by atoms with Gasteiger partial charge in [0.2, 0.25) is 5.91 Å². The van der Waals surface area contributed by atoms with Gasteiger partial charge in [0.05, 0.1) is 7.11 Å². The molecule has 0 unspecified atom stereocenters. The number of amides is 2. The van der Waals surface area contributed by atoms with E-state index in [2.05, 4.69) is 21.2 Å². The first-order valence-electron chi connectivity index (χ1n) is 6.84. The Morgan fingerprint density at radius 3 is 2.45 bits per heavy atom. The van der Waals surface area contributed by atoms with Crippen molar-refractivity contribution in [1.29, 1.82) is 0 Å². The molecule has 6 nitrogen and oxygen atoms in total. The van der Waals surface area contributed by atoms with Crippen LogP contribution in [0.2, 0.25) is 0 Å². The summed E-state index contributed by atoms with van der Waals surface area (Å²) in [4.78, 5) is 37.0. The second-order valence-electron chi connectivity index (χ2n) is 5.12. The maximum Gasteiger partial charge on any atom is 0.328 e. The molecule has 1 aliphatic rings. The minimum absolute atomic E-state index is 0.212. The van der Waals surface area contributed by atoms with Crippen molar-refractivity contribution in [2.24, 2.45) is 0 Å². The summed E-state index contributed by atoms with van der Waals surface area (Å²) in [5.41, 5.74) is 0.527. The smallest absolute Gasteiger partial charge is 0.328 e. The molecule has 1 aromatic carbocycles. The van der Waals surface area contributed by atoms with Gasteiger partial charge < -0.3 is 15.0 Å². The molecule has 1 aliphatic heterocycles. The summed E-state index contributed by atoms with van der Waals surface area (Å²) in [5, 5.41) is 2.85. The first-order valence-corrected chi connectivity index (χ1v) is 7.63. The highest BCUT2D eigenvalue weighted by Gasteiger charge is 2.39. The Bertz CT molecular complexity index is 588. The van der Waals surface area contributed by atoms with Gasteiger partial charge in [0.15, 0.2) is 0 Å². The van der Waals surface area contributed by atoms with Crippen LogP contribution in [0.3, 0.4) is 0 Å². The topological polar surface area (TPSA) is 75.7 Å². The number of ether oxygens (including phenoxy) is 1. The van der Waals surface area contributed by atoms with Crippen molar-refractivity contribution < 1.29 is 19.1 Å². The normalized spacial score (nSPS) is 20.6. The lowest BCUT2D eigenvalue weighted by Crippen LogP contribution is -2.40. The largest absolute Gasteiger partial charge is 0.467 e. The monoisotopic (exact) mass is 368 g/mol. The SMILES string of the molecule is COC(=O)[C@@H]1C[C@H](NC(=O)c2ccc(Br)cc2)CN1C(C)=O. The van der Waals surface area contributed by atoms with E-state index in [0.29, 0.717) is 18.5 Å². The molecule has 0 radical (unpaired) electrons. The summed E-state index contributed by atoms with van der Waals surface area (Å²) in [5.74, 6) is -0.905. The highest BCUT2D eigenvalue weighted by Crippen LogP contribution is 2.20. The number of halogens is 1. The Hall–Kier alpha value is -1.89. The zero-order valence-corrected chi connectivity index (χ0v) is 13.9. The number of carbonyl (C=O) groups excluding carboxylic acids is 3. The van der Waals surface area contributed by atoms with E-state index in [1.165, 1.54) is 18.9 Å². The van der Waals surface area contributed by atoms with E-state index in [4.69, 9.17) is 4.74 Å². The van der Waals surface area contributed by atoms with Gasteiger partial charge in [-0.15, -0.1) is 0 Å². The molecule has 7 heteroatoms. The van der Waals surface area contributed by atoms with Crippen LogP contribution in [0.4, 0.5) is 0 Å². The average Bonchev–Trinajstić information content (AvgIpc) is 2.91. The third-order valence-corrected chi connectivity index (χ3v) is 4.15. The lowest BCUT2D eigenvalue weighted by molar-refractivity contribution is -0.150. The van der Waals surface area contributed by atoms with Crippen molar-refractivity contribution in [1.82, 2.24) is 10.2 Å². The van der Waals surface area contributed by atoms with Crippen molar-refractivity contribution in [2.75, 3.05) is 13.7 Å². The van der Waals surface area contributed by atoms with Gasteiger partial charge in [-0.3, -0.25) is 9.59 Å². The van der Waals surface area contributed by atoms with E-state index in [1.807, 2.05) is 0 Å².